The minimum Gasteiger partial charge on any atom is -0.345 e. The molecule has 230 valence electrons. The fourth-order valence-electron chi connectivity index (χ4n) is 7.14. The first kappa shape index (κ1) is 29.7. The average Bonchev–Trinajstić information content (AvgIpc) is 3.01. The third kappa shape index (κ3) is 6.44. The summed E-state index contributed by atoms with van der Waals surface area (Å²) in [5.41, 5.74) is 4.72. The summed E-state index contributed by atoms with van der Waals surface area (Å²) in [5, 5.41) is 5.80. The van der Waals surface area contributed by atoms with E-state index in [0.717, 1.165) is 54.1 Å². The van der Waals surface area contributed by atoms with Crippen molar-refractivity contribution in [3.05, 3.63) is 71.7 Å². The zero-order valence-corrected chi connectivity index (χ0v) is 25.7. The normalized spacial score (nSPS) is 26.2. The van der Waals surface area contributed by atoms with E-state index in [9.17, 15) is 14.4 Å². The molecule has 2 bridgehead atoms. The number of nitrogens with one attached hydrogen (secondary N) is 2. The highest BCUT2D eigenvalue weighted by Gasteiger charge is 2.45. The van der Waals surface area contributed by atoms with Crippen LogP contribution in [0.15, 0.2) is 54.7 Å². The van der Waals surface area contributed by atoms with Gasteiger partial charge in [0.1, 0.15) is 12.1 Å². The highest BCUT2D eigenvalue weighted by Crippen LogP contribution is 2.37. The van der Waals surface area contributed by atoms with Gasteiger partial charge in [-0.1, -0.05) is 30.3 Å². The molecule has 1 aromatic carbocycles. The van der Waals surface area contributed by atoms with E-state index in [1.54, 1.807) is 6.92 Å². The number of aryl methyl sites for hydroxylation is 2. The lowest BCUT2D eigenvalue weighted by Crippen LogP contribution is -2.63. The topological polar surface area (TPSA) is 120 Å². The van der Waals surface area contributed by atoms with Crippen LogP contribution in [0.5, 0.6) is 0 Å². The Hall–Kier alpha value is -4.34. The molecule has 3 saturated heterocycles. The molecule has 10 heteroatoms. The van der Waals surface area contributed by atoms with Crippen LogP contribution in [0.2, 0.25) is 0 Å². The standard InChI is InChI=1S/C34H41N7O3/c1-21-12-13-27(22(2)36-21)28-14-15-35-34(39-28)40-18-25-16-26(20-40)30-10-7-11-31(42)37-23(3)32(43)38-29(33(44)41(30)19-25)17-24-8-5-4-6-9-24/h4-6,8-9,12-15,23,25-26,29-30H,7,10-11,16-20H2,1-3H3,(H,37,42)(H,38,43)/t23-,25+,26-,29+,30+/m1/s1. The van der Waals surface area contributed by atoms with Gasteiger partial charge in [0, 0.05) is 61.7 Å². The first-order valence-electron chi connectivity index (χ1n) is 15.7. The summed E-state index contributed by atoms with van der Waals surface area (Å²) < 4.78 is 0. The van der Waals surface area contributed by atoms with Gasteiger partial charge in [0.15, 0.2) is 0 Å². The summed E-state index contributed by atoms with van der Waals surface area (Å²) >= 11 is 0. The molecule has 5 atom stereocenters. The first-order chi connectivity index (χ1) is 21.2. The number of carbonyl (C=O) groups is 3. The van der Waals surface area contributed by atoms with Crippen LogP contribution in [0.25, 0.3) is 11.3 Å². The van der Waals surface area contributed by atoms with Gasteiger partial charge < -0.3 is 20.4 Å². The molecule has 0 radical (unpaired) electrons. The van der Waals surface area contributed by atoms with Crippen molar-refractivity contribution in [3.63, 3.8) is 0 Å². The number of piperidine rings is 2. The molecule has 3 aliphatic rings. The molecule has 0 aliphatic carbocycles. The number of nitrogens with zero attached hydrogens (tertiary/aromatic N) is 5. The van der Waals surface area contributed by atoms with E-state index in [2.05, 4.69) is 31.6 Å². The van der Waals surface area contributed by atoms with Gasteiger partial charge >= 0.3 is 0 Å². The fraction of sp³-hybridized carbons (Fsp3) is 0.471. The van der Waals surface area contributed by atoms with Crippen LogP contribution in [0.1, 0.15) is 49.6 Å². The second-order valence-electron chi connectivity index (χ2n) is 12.6. The molecule has 44 heavy (non-hydrogen) atoms. The van der Waals surface area contributed by atoms with Crippen molar-refractivity contribution in [3.8, 4) is 11.3 Å². The Kier molecular flexibility index (Phi) is 8.59. The summed E-state index contributed by atoms with van der Waals surface area (Å²) in [6.07, 6.45) is 4.89. The second-order valence-corrected chi connectivity index (χ2v) is 12.6. The number of rotatable bonds is 4. The van der Waals surface area contributed by atoms with Crippen molar-refractivity contribution < 1.29 is 14.4 Å². The number of carbonyl (C=O) groups excluding carboxylic acids is 3. The Balaban J connectivity index is 1.27. The summed E-state index contributed by atoms with van der Waals surface area (Å²) in [7, 11) is 0. The second kappa shape index (κ2) is 12.7. The maximum absolute atomic E-state index is 14.3. The number of hydrogen-bond donors (Lipinski definition) is 2. The third-order valence-electron chi connectivity index (χ3n) is 9.25. The summed E-state index contributed by atoms with van der Waals surface area (Å²) in [4.78, 5) is 58.7. The first-order valence-corrected chi connectivity index (χ1v) is 15.7. The SMILES string of the molecule is Cc1ccc(-c2ccnc(N3C[C@@H]4C[C@H](C3)[C@@H]3CCCC(=O)N[C@H](C)C(=O)N[C@@H](Cc5ccccc5)C(=O)N3C4)n2)c(C)n1. The van der Waals surface area contributed by atoms with Crippen LogP contribution in [-0.4, -0.2) is 75.3 Å². The van der Waals surface area contributed by atoms with E-state index < -0.39 is 12.1 Å². The zero-order valence-electron chi connectivity index (χ0n) is 25.7. The van der Waals surface area contributed by atoms with Crippen LogP contribution in [0.4, 0.5) is 5.95 Å². The van der Waals surface area contributed by atoms with Crippen LogP contribution in [0, 0.1) is 25.7 Å². The maximum Gasteiger partial charge on any atom is 0.245 e. The van der Waals surface area contributed by atoms with Crippen molar-refractivity contribution >= 4 is 23.7 Å². The van der Waals surface area contributed by atoms with Gasteiger partial charge in [-0.05, 0) is 75.6 Å². The van der Waals surface area contributed by atoms with E-state index >= 15 is 0 Å². The summed E-state index contributed by atoms with van der Waals surface area (Å²) in [5.74, 6) is 0.592. The van der Waals surface area contributed by atoms with Gasteiger partial charge in [0.25, 0.3) is 0 Å². The zero-order chi connectivity index (χ0) is 30.8. The molecule has 10 nitrogen and oxygen atoms in total. The van der Waals surface area contributed by atoms with Gasteiger partial charge in [-0.25, -0.2) is 9.97 Å². The van der Waals surface area contributed by atoms with Crippen molar-refractivity contribution in [1.82, 2.24) is 30.5 Å². The van der Waals surface area contributed by atoms with Crippen LogP contribution >= 0.6 is 0 Å². The molecule has 3 aliphatic heterocycles. The van der Waals surface area contributed by atoms with Crippen LogP contribution < -0.4 is 15.5 Å². The summed E-state index contributed by atoms with van der Waals surface area (Å²) in [6.45, 7) is 7.71. The molecule has 3 amide bonds. The minimum atomic E-state index is -0.715. The Morgan fingerprint density at radius 3 is 2.55 bits per heavy atom. The lowest BCUT2D eigenvalue weighted by atomic mass is 9.77. The minimum absolute atomic E-state index is 0.0463. The predicted molar refractivity (Wildman–Crippen MR) is 168 cm³/mol. The van der Waals surface area contributed by atoms with E-state index in [1.165, 1.54) is 0 Å². The van der Waals surface area contributed by atoms with Crippen LogP contribution in [-0.2, 0) is 20.8 Å². The van der Waals surface area contributed by atoms with Crippen molar-refractivity contribution in [2.45, 2.75) is 71.0 Å². The number of amides is 3. The molecule has 2 aromatic heterocycles. The third-order valence-corrected chi connectivity index (χ3v) is 9.25. The highest BCUT2D eigenvalue weighted by molar-refractivity contribution is 5.92. The molecule has 3 fully saturated rings. The van der Waals surface area contributed by atoms with E-state index in [4.69, 9.17) is 4.98 Å². The van der Waals surface area contributed by atoms with Gasteiger partial charge in [-0.3, -0.25) is 19.4 Å². The van der Waals surface area contributed by atoms with Gasteiger partial charge in [0.05, 0.1) is 5.69 Å². The van der Waals surface area contributed by atoms with Crippen molar-refractivity contribution in [2.75, 3.05) is 24.5 Å². The molecule has 2 N–H and O–H groups in total. The van der Waals surface area contributed by atoms with Crippen molar-refractivity contribution in [2.24, 2.45) is 11.8 Å². The smallest absolute Gasteiger partial charge is 0.245 e. The van der Waals surface area contributed by atoms with E-state index in [0.29, 0.717) is 31.8 Å². The van der Waals surface area contributed by atoms with Gasteiger partial charge in [-0.2, -0.15) is 0 Å². The molecule has 0 saturated carbocycles. The number of benzene rings is 1. The maximum atomic E-state index is 14.3. The quantitative estimate of drug-likeness (QED) is 0.475. The predicted octanol–water partition coefficient (Wildman–Crippen LogP) is 3.22. The molecule has 6 rings (SSSR count). The van der Waals surface area contributed by atoms with E-state index in [-0.39, 0.29) is 35.6 Å². The van der Waals surface area contributed by atoms with Gasteiger partial charge in [0.2, 0.25) is 23.7 Å². The number of aromatic nitrogens is 3. The molecule has 3 aromatic rings. The fourth-order valence-corrected chi connectivity index (χ4v) is 7.14. The van der Waals surface area contributed by atoms with Gasteiger partial charge in [-0.15, -0.1) is 0 Å². The van der Waals surface area contributed by atoms with E-state index in [1.807, 2.05) is 67.4 Å². The molecular formula is C34H41N7O3. The molecular weight excluding hydrogens is 554 g/mol. The molecule has 0 spiro atoms. The Bertz CT molecular complexity index is 1530. The van der Waals surface area contributed by atoms with Crippen molar-refractivity contribution in [1.29, 1.82) is 0 Å². The Labute approximate surface area is 258 Å². The lowest BCUT2D eigenvalue weighted by Gasteiger charge is -2.51. The number of fused-ring (bicyclic) bond motifs is 4. The number of anilines is 1. The Morgan fingerprint density at radius 2 is 1.75 bits per heavy atom. The lowest BCUT2D eigenvalue weighted by molar-refractivity contribution is -0.144. The molecule has 0 unspecified atom stereocenters. The number of pyridine rings is 1. The Morgan fingerprint density at radius 1 is 0.932 bits per heavy atom. The highest BCUT2D eigenvalue weighted by atomic mass is 16.2. The molecule has 5 heterocycles. The average molecular weight is 596 g/mol. The summed E-state index contributed by atoms with van der Waals surface area (Å²) in [6, 6.07) is 14.3. The number of hydrogen-bond acceptors (Lipinski definition) is 7. The largest absolute Gasteiger partial charge is 0.345 e. The van der Waals surface area contributed by atoms with Crippen LogP contribution in [0.3, 0.4) is 0 Å². The monoisotopic (exact) mass is 595 g/mol.